The van der Waals surface area contributed by atoms with Crippen LogP contribution in [0.4, 0.5) is 0 Å². The van der Waals surface area contributed by atoms with Gasteiger partial charge in [-0.25, -0.2) is 0 Å². The minimum atomic E-state index is 0.984. The second-order valence-corrected chi connectivity index (χ2v) is 7.26. The van der Waals surface area contributed by atoms with Crippen molar-refractivity contribution in [1.82, 2.24) is 4.40 Å². The fourth-order valence-corrected chi connectivity index (χ4v) is 3.51. The van der Waals surface area contributed by atoms with Gasteiger partial charge in [0.25, 0.3) is 0 Å². The lowest BCUT2D eigenvalue weighted by atomic mass is 10.0. The molecule has 130 valence electrons. The minimum Gasteiger partial charge on any atom is -0.323 e. The highest BCUT2D eigenvalue weighted by Crippen LogP contribution is 2.25. The van der Waals surface area contributed by atoms with Gasteiger partial charge in [-0.1, -0.05) is 61.0 Å². The van der Waals surface area contributed by atoms with Crippen molar-refractivity contribution in [3.63, 3.8) is 0 Å². The first kappa shape index (κ1) is 16.7. The van der Waals surface area contributed by atoms with Gasteiger partial charge in [-0.3, -0.25) is 0 Å². The zero-order chi connectivity index (χ0) is 18.1. The molecule has 0 saturated heterocycles. The average molecular weight is 339 g/mol. The molecule has 4 rings (SSSR count). The van der Waals surface area contributed by atoms with Crippen LogP contribution >= 0.6 is 0 Å². The number of aryl methyl sites for hydroxylation is 3. The average Bonchev–Trinajstić information content (AvgIpc) is 3.06. The standard InChI is InChI=1S/C25H25N/c1-4-20-7-9-21(10-8-20)13-23-14-25-15-24(17-26(25)16-19(23)3)22-11-5-18(2)6-12-22/h5-12,14-17H,4,13H2,1-3H3. The van der Waals surface area contributed by atoms with Crippen molar-refractivity contribution in [3.8, 4) is 11.1 Å². The SMILES string of the molecule is CCc1ccc(Cc2cc3cc(-c4ccc(C)cc4)cn3cc2C)cc1. The van der Waals surface area contributed by atoms with Gasteiger partial charge in [0, 0.05) is 23.5 Å². The van der Waals surface area contributed by atoms with Gasteiger partial charge < -0.3 is 4.40 Å². The van der Waals surface area contributed by atoms with Gasteiger partial charge in [0.2, 0.25) is 0 Å². The van der Waals surface area contributed by atoms with Gasteiger partial charge in [0.15, 0.2) is 0 Å². The molecule has 0 aliphatic heterocycles. The van der Waals surface area contributed by atoms with Gasteiger partial charge in [-0.15, -0.1) is 0 Å². The van der Waals surface area contributed by atoms with Crippen LogP contribution in [0.15, 0.2) is 73.1 Å². The van der Waals surface area contributed by atoms with Crippen LogP contribution in [-0.4, -0.2) is 4.40 Å². The maximum absolute atomic E-state index is 2.33. The number of aromatic nitrogens is 1. The third-order valence-corrected chi connectivity index (χ3v) is 5.25. The van der Waals surface area contributed by atoms with Crippen molar-refractivity contribution in [2.45, 2.75) is 33.6 Å². The highest BCUT2D eigenvalue weighted by molar-refractivity contribution is 5.71. The predicted octanol–water partition coefficient (Wildman–Crippen LogP) is 6.38. The van der Waals surface area contributed by atoms with E-state index in [-0.39, 0.29) is 0 Å². The van der Waals surface area contributed by atoms with Gasteiger partial charge in [-0.2, -0.15) is 0 Å². The maximum atomic E-state index is 2.33. The Kier molecular flexibility index (Phi) is 4.38. The first-order valence-corrected chi connectivity index (χ1v) is 9.38. The Hall–Kier alpha value is -2.80. The Bertz CT molecular complexity index is 1030. The molecule has 1 heteroatoms. The third-order valence-electron chi connectivity index (χ3n) is 5.25. The normalized spacial score (nSPS) is 11.2. The van der Waals surface area contributed by atoms with Crippen LogP contribution in [0, 0.1) is 13.8 Å². The van der Waals surface area contributed by atoms with E-state index in [2.05, 4.69) is 98.2 Å². The Morgan fingerprint density at radius 1 is 0.731 bits per heavy atom. The molecule has 0 aliphatic rings. The van der Waals surface area contributed by atoms with Crippen LogP contribution in [0.2, 0.25) is 0 Å². The van der Waals surface area contributed by atoms with Crippen molar-refractivity contribution in [2.75, 3.05) is 0 Å². The number of hydrogen-bond donors (Lipinski definition) is 0. The monoisotopic (exact) mass is 339 g/mol. The van der Waals surface area contributed by atoms with Crippen molar-refractivity contribution in [2.24, 2.45) is 0 Å². The molecule has 4 aromatic rings. The third kappa shape index (κ3) is 3.30. The van der Waals surface area contributed by atoms with Gasteiger partial charge in [0.1, 0.15) is 0 Å². The molecule has 0 atom stereocenters. The summed E-state index contributed by atoms with van der Waals surface area (Å²) in [6, 6.07) is 22.4. The molecule has 0 amide bonds. The van der Waals surface area contributed by atoms with E-state index in [1.807, 2.05) is 0 Å². The van der Waals surface area contributed by atoms with Gasteiger partial charge in [-0.05, 0) is 66.6 Å². The van der Waals surface area contributed by atoms with E-state index in [9.17, 15) is 0 Å². The van der Waals surface area contributed by atoms with Crippen LogP contribution in [0.3, 0.4) is 0 Å². The van der Waals surface area contributed by atoms with E-state index >= 15 is 0 Å². The summed E-state index contributed by atoms with van der Waals surface area (Å²) in [5.74, 6) is 0. The summed E-state index contributed by atoms with van der Waals surface area (Å²) in [5.41, 5.74) is 10.6. The Balaban J connectivity index is 1.67. The van der Waals surface area contributed by atoms with Crippen LogP contribution in [0.25, 0.3) is 16.6 Å². The summed E-state index contributed by atoms with van der Waals surface area (Å²) in [5, 5.41) is 0. The van der Waals surface area contributed by atoms with Crippen molar-refractivity contribution < 1.29 is 0 Å². The number of nitrogens with zero attached hydrogens (tertiary/aromatic N) is 1. The van der Waals surface area contributed by atoms with E-state index in [1.165, 1.54) is 44.5 Å². The minimum absolute atomic E-state index is 0.984. The molecule has 1 nitrogen and oxygen atoms in total. The lowest BCUT2D eigenvalue weighted by molar-refractivity contribution is 1.08. The molecule has 0 radical (unpaired) electrons. The lowest BCUT2D eigenvalue weighted by Gasteiger charge is -2.08. The number of pyridine rings is 1. The molecule has 0 bridgehead atoms. The van der Waals surface area contributed by atoms with E-state index in [4.69, 9.17) is 0 Å². The highest BCUT2D eigenvalue weighted by Gasteiger charge is 2.07. The number of rotatable bonds is 4. The smallest absolute Gasteiger partial charge is 0.0459 e. The molecule has 0 aliphatic carbocycles. The molecule has 2 aromatic heterocycles. The molecule has 0 N–H and O–H groups in total. The van der Waals surface area contributed by atoms with E-state index < -0.39 is 0 Å². The van der Waals surface area contributed by atoms with E-state index in [0.29, 0.717) is 0 Å². The molecule has 0 fully saturated rings. The van der Waals surface area contributed by atoms with E-state index in [0.717, 1.165) is 12.8 Å². The van der Waals surface area contributed by atoms with Gasteiger partial charge in [0.05, 0.1) is 0 Å². The molecule has 2 aromatic carbocycles. The van der Waals surface area contributed by atoms with Crippen molar-refractivity contribution in [3.05, 3.63) is 101 Å². The fraction of sp³-hybridized carbons (Fsp3) is 0.200. The summed E-state index contributed by atoms with van der Waals surface area (Å²) in [6.07, 6.45) is 6.56. The van der Waals surface area contributed by atoms with Crippen LogP contribution < -0.4 is 0 Å². The second-order valence-electron chi connectivity index (χ2n) is 7.26. The molecule has 0 spiro atoms. The lowest BCUT2D eigenvalue weighted by Crippen LogP contribution is -1.95. The summed E-state index contributed by atoms with van der Waals surface area (Å²) in [6.45, 7) is 6.54. The number of hydrogen-bond acceptors (Lipinski definition) is 0. The largest absolute Gasteiger partial charge is 0.323 e. The summed E-state index contributed by atoms with van der Waals surface area (Å²) in [7, 11) is 0. The quantitative estimate of drug-likeness (QED) is 0.406. The molecule has 0 saturated carbocycles. The van der Waals surface area contributed by atoms with Gasteiger partial charge >= 0.3 is 0 Å². The number of fused-ring (bicyclic) bond motifs is 1. The van der Waals surface area contributed by atoms with Crippen molar-refractivity contribution in [1.29, 1.82) is 0 Å². The molecular formula is C25H25N. The highest BCUT2D eigenvalue weighted by atomic mass is 14.9. The summed E-state index contributed by atoms with van der Waals surface area (Å²) >= 11 is 0. The zero-order valence-electron chi connectivity index (χ0n) is 15.8. The molecular weight excluding hydrogens is 314 g/mol. The van der Waals surface area contributed by atoms with Crippen molar-refractivity contribution >= 4 is 5.52 Å². The van der Waals surface area contributed by atoms with Crippen LogP contribution in [0.1, 0.15) is 34.7 Å². The molecule has 26 heavy (non-hydrogen) atoms. The first-order chi connectivity index (χ1) is 12.6. The van der Waals surface area contributed by atoms with Crippen LogP contribution in [-0.2, 0) is 12.8 Å². The Morgan fingerprint density at radius 2 is 1.42 bits per heavy atom. The molecule has 2 heterocycles. The summed E-state index contributed by atoms with van der Waals surface area (Å²) < 4.78 is 2.24. The topological polar surface area (TPSA) is 4.41 Å². The Labute approximate surface area is 155 Å². The first-order valence-electron chi connectivity index (χ1n) is 9.38. The fourth-order valence-electron chi connectivity index (χ4n) is 3.51. The van der Waals surface area contributed by atoms with Crippen LogP contribution in [0.5, 0.6) is 0 Å². The van der Waals surface area contributed by atoms with E-state index in [1.54, 1.807) is 0 Å². The summed E-state index contributed by atoms with van der Waals surface area (Å²) in [4.78, 5) is 0. The number of benzene rings is 2. The zero-order valence-corrected chi connectivity index (χ0v) is 15.8. The predicted molar refractivity (Wildman–Crippen MR) is 111 cm³/mol. The Morgan fingerprint density at radius 3 is 2.12 bits per heavy atom. The maximum Gasteiger partial charge on any atom is 0.0459 e. The molecule has 0 unspecified atom stereocenters. The second kappa shape index (κ2) is 6.84.